The molecule has 1 saturated heterocycles. The van der Waals surface area contributed by atoms with Crippen molar-refractivity contribution in [2.45, 2.75) is 70.3 Å². The molecule has 128 valence electrons. The maximum Gasteiger partial charge on any atom is 0.407 e. The molecule has 1 heterocycles. The molecule has 1 aliphatic heterocycles. The fourth-order valence-corrected chi connectivity index (χ4v) is 3.03. The molecule has 0 aromatic heterocycles. The monoisotopic (exact) mass is 322 g/mol. The highest BCUT2D eigenvalue weighted by Crippen LogP contribution is 2.35. The van der Waals surface area contributed by atoms with Crippen LogP contribution in [0.15, 0.2) is 0 Å². The van der Waals surface area contributed by atoms with Crippen LogP contribution >= 0.6 is 0 Å². The summed E-state index contributed by atoms with van der Waals surface area (Å²) in [5.41, 5.74) is -0.611. The summed E-state index contributed by atoms with van der Waals surface area (Å²) >= 11 is 0. The second-order valence-electron chi connectivity index (χ2n) is 7.45. The Hall–Kier alpha value is -0.980. The number of nitrogens with zero attached hydrogens (tertiary/aromatic N) is 1. The van der Waals surface area contributed by atoms with E-state index in [4.69, 9.17) is 4.74 Å². The number of alkyl halides is 3. The number of rotatable bonds is 3. The Morgan fingerprint density at radius 1 is 1.23 bits per heavy atom. The zero-order valence-electron chi connectivity index (χ0n) is 13.4. The lowest BCUT2D eigenvalue weighted by molar-refractivity contribution is -0.149. The predicted octanol–water partition coefficient (Wildman–Crippen LogP) is 3.32. The van der Waals surface area contributed by atoms with E-state index in [2.05, 4.69) is 10.2 Å². The number of hydrogen-bond acceptors (Lipinski definition) is 3. The van der Waals surface area contributed by atoms with E-state index >= 15 is 0 Å². The Morgan fingerprint density at radius 3 is 2.36 bits per heavy atom. The van der Waals surface area contributed by atoms with Crippen LogP contribution in [0.3, 0.4) is 0 Å². The summed E-state index contributed by atoms with van der Waals surface area (Å²) in [4.78, 5) is 13.9. The summed E-state index contributed by atoms with van der Waals surface area (Å²) in [6, 6.07) is 0.107. The van der Waals surface area contributed by atoms with Gasteiger partial charge in [0, 0.05) is 31.6 Å². The minimum absolute atomic E-state index is 0.281. The van der Waals surface area contributed by atoms with Crippen molar-refractivity contribution >= 4 is 6.09 Å². The molecule has 0 radical (unpaired) electrons. The van der Waals surface area contributed by atoms with Crippen LogP contribution in [-0.2, 0) is 4.74 Å². The van der Waals surface area contributed by atoms with Crippen LogP contribution in [0.25, 0.3) is 0 Å². The van der Waals surface area contributed by atoms with E-state index in [1.807, 2.05) is 0 Å². The maximum absolute atomic E-state index is 12.7. The van der Waals surface area contributed by atoms with Gasteiger partial charge in [0.25, 0.3) is 0 Å². The largest absolute Gasteiger partial charge is 0.444 e. The highest BCUT2D eigenvalue weighted by Gasteiger charge is 2.41. The van der Waals surface area contributed by atoms with Crippen molar-refractivity contribution in [3.63, 3.8) is 0 Å². The summed E-state index contributed by atoms with van der Waals surface area (Å²) in [5, 5.41) is 2.73. The lowest BCUT2D eigenvalue weighted by Crippen LogP contribution is -2.52. The molecule has 0 aromatic rings. The summed E-state index contributed by atoms with van der Waals surface area (Å²) < 4.78 is 43.2. The number of ether oxygens (including phenoxy) is 1. The van der Waals surface area contributed by atoms with Crippen LogP contribution in [0.1, 0.15) is 46.5 Å². The Morgan fingerprint density at radius 2 is 1.86 bits per heavy atom. The lowest BCUT2D eigenvalue weighted by Gasteiger charge is -2.38. The molecule has 1 aliphatic carbocycles. The highest BCUT2D eigenvalue weighted by molar-refractivity contribution is 5.68. The zero-order valence-corrected chi connectivity index (χ0v) is 13.4. The van der Waals surface area contributed by atoms with Gasteiger partial charge in [0.15, 0.2) is 0 Å². The van der Waals surface area contributed by atoms with E-state index in [1.54, 1.807) is 20.8 Å². The Kier molecular flexibility index (Phi) is 4.94. The molecule has 4 nitrogen and oxygen atoms in total. The average Bonchev–Trinajstić information content (AvgIpc) is 3.05. The first-order valence-electron chi connectivity index (χ1n) is 7.82. The van der Waals surface area contributed by atoms with Crippen LogP contribution in [-0.4, -0.2) is 47.9 Å². The topological polar surface area (TPSA) is 41.6 Å². The predicted molar refractivity (Wildman–Crippen MR) is 76.5 cm³/mol. The molecule has 2 atom stereocenters. The van der Waals surface area contributed by atoms with Crippen molar-refractivity contribution < 1.29 is 22.7 Å². The molecule has 0 bridgehead atoms. The van der Waals surface area contributed by atoms with Crippen molar-refractivity contribution in [2.24, 2.45) is 5.92 Å². The Balaban J connectivity index is 1.92. The molecule has 2 fully saturated rings. The standard InChI is InChI=1S/C15H25F3N2O2/c1-14(2,3)22-13(21)19-11-6-10(7-15(16,17)18)8-20(9-11)12-4-5-12/h10-12H,4-9H2,1-3H3,(H,19,21). The van der Waals surface area contributed by atoms with E-state index in [0.29, 0.717) is 25.6 Å². The number of nitrogens with one attached hydrogen (secondary N) is 1. The molecule has 22 heavy (non-hydrogen) atoms. The van der Waals surface area contributed by atoms with Crippen molar-refractivity contribution in [3.05, 3.63) is 0 Å². The fraction of sp³-hybridized carbons (Fsp3) is 0.933. The van der Waals surface area contributed by atoms with Gasteiger partial charge in [-0.15, -0.1) is 0 Å². The van der Waals surface area contributed by atoms with Crippen LogP contribution < -0.4 is 5.32 Å². The number of amides is 1. The fourth-order valence-electron chi connectivity index (χ4n) is 3.03. The average molecular weight is 322 g/mol. The van der Waals surface area contributed by atoms with E-state index in [1.165, 1.54) is 0 Å². The third-order valence-electron chi connectivity index (χ3n) is 3.87. The quantitative estimate of drug-likeness (QED) is 0.867. The zero-order chi connectivity index (χ0) is 16.5. The van der Waals surface area contributed by atoms with Gasteiger partial charge in [0.05, 0.1) is 0 Å². The van der Waals surface area contributed by atoms with Crippen molar-refractivity contribution in [1.29, 1.82) is 0 Å². The summed E-state index contributed by atoms with van der Waals surface area (Å²) in [7, 11) is 0. The molecule has 1 saturated carbocycles. The molecule has 7 heteroatoms. The first-order chi connectivity index (χ1) is 10.0. The first-order valence-corrected chi connectivity index (χ1v) is 7.82. The number of hydrogen-bond donors (Lipinski definition) is 1. The molecular formula is C15H25F3N2O2. The smallest absolute Gasteiger partial charge is 0.407 e. The van der Waals surface area contributed by atoms with Gasteiger partial charge < -0.3 is 10.1 Å². The normalized spacial score (nSPS) is 27.5. The highest BCUT2D eigenvalue weighted by atomic mass is 19.4. The molecule has 1 N–H and O–H groups in total. The van der Waals surface area contributed by atoms with E-state index in [0.717, 1.165) is 12.8 Å². The van der Waals surface area contributed by atoms with Gasteiger partial charge in [-0.2, -0.15) is 13.2 Å². The molecule has 1 amide bonds. The van der Waals surface area contributed by atoms with Gasteiger partial charge in [-0.1, -0.05) is 0 Å². The second-order valence-corrected chi connectivity index (χ2v) is 7.45. The van der Waals surface area contributed by atoms with Crippen LogP contribution in [0.5, 0.6) is 0 Å². The van der Waals surface area contributed by atoms with E-state index < -0.39 is 30.2 Å². The number of alkyl carbamates (subject to hydrolysis) is 1. The molecule has 2 unspecified atom stereocenters. The Bertz CT molecular complexity index is 403. The number of carbonyl (C=O) groups is 1. The van der Waals surface area contributed by atoms with Gasteiger partial charge in [0.2, 0.25) is 0 Å². The van der Waals surface area contributed by atoms with Crippen LogP contribution in [0.4, 0.5) is 18.0 Å². The number of likely N-dealkylation sites (tertiary alicyclic amines) is 1. The van der Waals surface area contributed by atoms with Gasteiger partial charge in [-0.3, -0.25) is 4.90 Å². The van der Waals surface area contributed by atoms with Crippen molar-refractivity contribution in [2.75, 3.05) is 13.1 Å². The third kappa shape index (κ3) is 6.02. The maximum atomic E-state index is 12.7. The molecular weight excluding hydrogens is 297 g/mol. The minimum atomic E-state index is -4.16. The van der Waals surface area contributed by atoms with Gasteiger partial charge in [-0.05, 0) is 46.0 Å². The number of halogens is 3. The lowest BCUT2D eigenvalue weighted by atomic mass is 9.91. The van der Waals surface area contributed by atoms with Crippen LogP contribution in [0.2, 0.25) is 0 Å². The molecule has 0 aromatic carbocycles. The van der Waals surface area contributed by atoms with Crippen molar-refractivity contribution in [3.8, 4) is 0 Å². The Labute approximate surface area is 129 Å². The summed E-state index contributed by atoms with van der Waals surface area (Å²) in [6.07, 6.45) is -3.07. The number of carbonyl (C=O) groups excluding carboxylic acids is 1. The number of piperidine rings is 1. The molecule has 2 aliphatic rings. The second kappa shape index (κ2) is 6.26. The van der Waals surface area contributed by atoms with Gasteiger partial charge in [0.1, 0.15) is 5.60 Å². The summed E-state index contributed by atoms with van der Waals surface area (Å²) in [5.74, 6) is -0.464. The molecule has 0 spiro atoms. The van der Waals surface area contributed by atoms with Crippen LogP contribution in [0, 0.1) is 5.92 Å². The summed E-state index contributed by atoms with van der Waals surface area (Å²) in [6.45, 7) is 6.36. The molecule has 2 rings (SSSR count). The van der Waals surface area contributed by atoms with Gasteiger partial charge in [-0.25, -0.2) is 4.79 Å². The van der Waals surface area contributed by atoms with Gasteiger partial charge >= 0.3 is 12.3 Å². The van der Waals surface area contributed by atoms with Crippen molar-refractivity contribution in [1.82, 2.24) is 10.2 Å². The first kappa shape index (κ1) is 17.4. The van der Waals surface area contributed by atoms with E-state index in [-0.39, 0.29) is 6.04 Å². The van der Waals surface area contributed by atoms with E-state index in [9.17, 15) is 18.0 Å². The SMILES string of the molecule is CC(C)(C)OC(=O)NC1CC(CC(F)(F)F)CN(C2CC2)C1. The minimum Gasteiger partial charge on any atom is -0.444 e. The third-order valence-corrected chi connectivity index (χ3v) is 3.87.